The summed E-state index contributed by atoms with van der Waals surface area (Å²) in [4.78, 5) is 0. The van der Waals surface area contributed by atoms with E-state index in [1.54, 1.807) is 0 Å². The predicted molar refractivity (Wildman–Crippen MR) is 114 cm³/mol. The van der Waals surface area contributed by atoms with Crippen molar-refractivity contribution in [3.63, 3.8) is 0 Å². The Labute approximate surface area is 175 Å². The maximum absolute atomic E-state index is 6.66. The van der Waals surface area contributed by atoms with Crippen LogP contribution in [0.1, 0.15) is 46.6 Å². The number of benzene rings is 1. The van der Waals surface area contributed by atoms with Crippen molar-refractivity contribution in [2.75, 3.05) is 0 Å². The summed E-state index contributed by atoms with van der Waals surface area (Å²) >= 11 is 0. The van der Waals surface area contributed by atoms with Crippen molar-refractivity contribution < 1.29 is 23.4 Å². The fourth-order valence-corrected chi connectivity index (χ4v) is 5.09. The van der Waals surface area contributed by atoms with Gasteiger partial charge in [0.1, 0.15) is 23.6 Å². The molecule has 1 unspecified atom stereocenters. The van der Waals surface area contributed by atoms with Crippen LogP contribution in [0.15, 0.2) is 42.2 Å². The molecule has 4 atom stereocenters. The van der Waals surface area contributed by atoms with E-state index in [1.807, 2.05) is 32.0 Å². The SMILES string of the molecule is CC1(C)O[C@H]2O[C@@H]3C(O[Si](C)(C)C(C)(C)C)=CCC3(OCc3ccccc3)[C@H]2O1. The summed E-state index contributed by atoms with van der Waals surface area (Å²) in [6.07, 6.45) is 1.78. The molecule has 1 aromatic carbocycles. The third kappa shape index (κ3) is 3.70. The summed E-state index contributed by atoms with van der Waals surface area (Å²) in [7, 11) is -2.00. The minimum atomic E-state index is -2.00. The molecule has 5 nitrogen and oxygen atoms in total. The van der Waals surface area contributed by atoms with Crippen molar-refractivity contribution in [2.45, 2.75) is 95.7 Å². The van der Waals surface area contributed by atoms with Crippen LogP contribution in [0.4, 0.5) is 0 Å². The van der Waals surface area contributed by atoms with Crippen LogP contribution in [0.3, 0.4) is 0 Å². The molecule has 3 aliphatic rings. The van der Waals surface area contributed by atoms with Gasteiger partial charge in [0.15, 0.2) is 12.1 Å². The lowest BCUT2D eigenvalue weighted by atomic mass is 9.93. The normalized spacial score (nSPS) is 33.3. The third-order valence-corrected chi connectivity index (χ3v) is 11.0. The number of fused-ring (bicyclic) bond motifs is 3. The van der Waals surface area contributed by atoms with Crippen LogP contribution >= 0.6 is 0 Å². The highest BCUT2D eigenvalue weighted by molar-refractivity contribution is 6.74. The van der Waals surface area contributed by atoms with Crippen LogP contribution < -0.4 is 0 Å². The summed E-state index contributed by atoms with van der Waals surface area (Å²) in [5, 5.41) is 0.105. The van der Waals surface area contributed by atoms with Gasteiger partial charge in [-0.05, 0) is 43.6 Å². The van der Waals surface area contributed by atoms with Crippen LogP contribution in [0.25, 0.3) is 0 Å². The Hall–Kier alpha value is -1.18. The summed E-state index contributed by atoms with van der Waals surface area (Å²) < 4.78 is 31.9. The Morgan fingerprint density at radius 2 is 1.79 bits per heavy atom. The maximum Gasteiger partial charge on any atom is 0.250 e. The number of rotatable bonds is 5. The van der Waals surface area contributed by atoms with E-state index >= 15 is 0 Å². The molecule has 6 heteroatoms. The van der Waals surface area contributed by atoms with Gasteiger partial charge in [-0.15, -0.1) is 0 Å². The fourth-order valence-electron chi connectivity index (χ4n) is 4.01. The molecule has 0 N–H and O–H groups in total. The lowest BCUT2D eigenvalue weighted by Gasteiger charge is -2.39. The summed E-state index contributed by atoms with van der Waals surface area (Å²) in [5.74, 6) is 0.191. The van der Waals surface area contributed by atoms with Gasteiger partial charge in [-0.25, -0.2) is 0 Å². The second-order valence-corrected chi connectivity index (χ2v) is 15.1. The summed E-state index contributed by atoms with van der Waals surface area (Å²) in [5.41, 5.74) is 0.493. The van der Waals surface area contributed by atoms with Crippen LogP contribution in [0, 0.1) is 0 Å². The molecule has 2 aliphatic heterocycles. The lowest BCUT2D eigenvalue weighted by molar-refractivity contribution is -0.232. The van der Waals surface area contributed by atoms with Crippen molar-refractivity contribution in [1.82, 2.24) is 0 Å². The Balaban J connectivity index is 1.59. The highest BCUT2D eigenvalue weighted by Gasteiger charge is 2.67. The molecule has 0 saturated carbocycles. The molecular weight excluding hydrogens is 384 g/mol. The van der Waals surface area contributed by atoms with E-state index in [0.29, 0.717) is 13.0 Å². The van der Waals surface area contributed by atoms with Gasteiger partial charge in [-0.2, -0.15) is 0 Å². The van der Waals surface area contributed by atoms with Gasteiger partial charge in [0.25, 0.3) is 0 Å². The first-order chi connectivity index (χ1) is 13.4. The van der Waals surface area contributed by atoms with Gasteiger partial charge in [0, 0.05) is 6.42 Å². The van der Waals surface area contributed by atoms with Crippen LogP contribution in [0.2, 0.25) is 18.1 Å². The zero-order valence-electron chi connectivity index (χ0n) is 18.7. The minimum Gasteiger partial charge on any atom is -0.545 e. The van der Waals surface area contributed by atoms with E-state index in [1.165, 1.54) is 0 Å². The molecule has 0 spiro atoms. The Morgan fingerprint density at radius 3 is 2.45 bits per heavy atom. The molecule has 4 rings (SSSR count). The monoisotopic (exact) mass is 418 g/mol. The first kappa shape index (κ1) is 21.1. The van der Waals surface area contributed by atoms with Gasteiger partial charge in [-0.1, -0.05) is 51.1 Å². The first-order valence-electron chi connectivity index (χ1n) is 10.5. The van der Waals surface area contributed by atoms with E-state index < -0.39 is 26.0 Å². The van der Waals surface area contributed by atoms with Gasteiger partial charge in [-0.3, -0.25) is 0 Å². The molecule has 2 saturated heterocycles. The maximum atomic E-state index is 6.66. The highest BCUT2D eigenvalue weighted by atomic mass is 28.4. The van der Waals surface area contributed by atoms with Crippen LogP contribution in [-0.2, 0) is 30.0 Å². The quantitative estimate of drug-likeness (QED) is 0.621. The summed E-state index contributed by atoms with van der Waals surface area (Å²) in [6.45, 7) is 15.6. The first-order valence-corrected chi connectivity index (χ1v) is 13.4. The number of hydrogen-bond donors (Lipinski definition) is 0. The van der Waals surface area contributed by atoms with Gasteiger partial charge >= 0.3 is 0 Å². The number of hydrogen-bond acceptors (Lipinski definition) is 5. The van der Waals surface area contributed by atoms with Crippen molar-refractivity contribution >= 4 is 8.32 Å². The molecule has 0 bridgehead atoms. The van der Waals surface area contributed by atoms with E-state index in [2.05, 4.69) is 52.1 Å². The third-order valence-electron chi connectivity index (χ3n) is 6.66. The molecule has 1 aromatic rings. The topological polar surface area (TPSA) is 46.2 Å². The second kappa shape index (κ2) is 6.92. The molecule has 0 radical (unpaired) electrons. The van der Waals surface area contributed by atoms with Crippen molar-refractivity contribution in [3.8, 4) is 0 Å². The highest BCUT2D eigenvalue weighted by Crippen LogP contribution is 2.53. The average molecular weight is 419 g/mol. The standard InChI is InChI=1S/C23H34O5Si/c1-21(2,3)29(6,7)28-17-13-14-23(24-15-16-11-9-8-10-12-16)18(17)25-20-19(23)26-22(4,5)27-20/h8-13,18-20H,14-15H2,1-7H3/t18-,19+,20-,23?/m1/s1. The molecule has 1 aliphatic carbocycles. The van der Waals surface area contributed by atoms with Crippen LogP contribution in [-0.4, -0.2) is 38.2 Å². The average Bonchev–Trinajstić information content (AvgIpc) is 3.20. The molecule has 2 fully saturated rings. The van der Waals surface area contributed by atoms with Crippen LogP contribution in [0.5, 0.6) is 0 Å². The lowest BCUT2D eigenvalue weighted by Crippen LogP contribution is -2.50. The van der Waals surface area contributed by atoms with Gasteiger partial charge < -0.3 is 23.4 Å². The zero-order valence-corrected chi connectivity index (χ0v) is 19.7. The largest absolute Gasteiger partial charge is 0.545 e. The summed E-state index contributed by atoms with van der Waals surface area (Å²) in [6, 6.07) is 10.2. The van der Waals surface area contributed by atoms with E-state index in [4.69, 9.17) is 23.4 Å². The molecule has 160 valence electrons. The Morgan fingerprint density at radius 1 is 1.10 bits per heavy atom. The predicted octanol–water partition coefficient (Wildman–Crippen LogP) is 5.13. The molecule has 2 heterocycles. The Bertz CT molecular complexity index is 782. The van der Waals surface area contributed by atoms with Crippen molar-refractivity contribution in [1.29, 1.82) is 0 Å². The van der Waals surface area contributed by atoms with E-state index in [0.717, 1.165) is 11.3 Å². The minimum absolute atomic E-state index is 0.105. The Kier molecular flexibility index (Phi) is 5.03. The molecule has 0 aromatic heterocycles. The smallest absolute Gasteiger partial charge is 0.250 e. The van der Waals surface area contributed by atoms with E-state index in [-0.39, 0.29) is 17.2 Å². The molecule has 29 heavy (non-hydrogen) atoms. The van der Waals surface area contributed by atoms with Crippen molar-refractivity contribution in [2.24, 2.45) is 0 Å². The van der Waals surface area contributed by atoms with Gasteiger partial charge in [0.05, 0.1) is 6.61 Å². The van der Waals surface area contributed by atoms with Crippen molar-refractivity contribution in [3.05, 3.63) is 47.7 Å². The second-order valence-electron chi connectivity index (χ2n) is 10.3. The fraction of sp³-hybridized carbons (Fsp3) is 0.652. The van der Waals surface area contributed by atoms with Gasteiger partial charge in [0.2, 0.25) is 8.32 Å². The molecular formula is C23H34O5Si. The van der Waals surface area contributed by atoms with E-state index in [9.17, 15) is 0 Å². The zero-order chi connectivity index (χ0) is 21.1. The molecule has 0 amide bonds. The number of ether oxygens (including phenoxy) is 4.